The lowest BCUT2D eigenvalue weighted by Gasteiger charge is -2.25. The van der Waals surface area contributed by atoms with E-state index in [9.17, 15) is 13.6 Å². The summed E-state index contributed by atoms with van der Waals surface area (Å²) in [5.74, 6) is 0.149. The first-order valence-electron chi connectivity index (χ1n) is 7.84. The van der Waals surface area contributed by atoms with Gasteiger partial charge in [-0.3, -0.25) is 9.78 Å². The van der Waals surface area contributed by atoms with Crippen LogP contribution in [-0.4, -0.2) is 28.8 Å². The fraction of sp³-hybridized carbons (Fsp3) is 0.333. The van der Waals surface area contributed by atoms with Crippen molar-refractivity contribution in [1.29, 1.82) is 0 Å². The van der Waals surface area contributed by atoms with Gasteiger partial charge in [-0.05, 0) is 37.6 Å². The van der Waals surface area contributed by atoms with E-state index in [1.807, 2.05) is 13.8 Å². The predicted molar refractivity (Wildman–Crippen MR) is 90.2 cm³/mol. The zero-order valence-corrected chi connectivity index (χ0v) is 14.6. The maximum absolute atomic E-state index is 12.7. The normalized spacial score (nSPS) is 14.8. The summed E-state index contributed by atoms with van der Waals surface area (Å²) in [6.45, 7) is 3.56. The van der Waals surface area contributed by atoms with Gasteiger partial charge in [-0.2, -0.15) is 0 Å². The van der Waals surface area contributed by atoms with Gasteiger partial charge in [0.05, 0.1) is 11.1 Å². The molecule has 1 atom stereocenters. The number of halogens is 3. The number of rotatable bonds is 5. The number of hydrogen-bond donors (Lipinski definition) is 0. The third-order valence-electron chi connectivity index (χ3n) is 4.36. The number of ether oxygens (including phenoxy) is 1. The minimum Gasteiger partial charge on any atom is -0.486 e. The molecule has 25 heavy (non-hydrogen) atoms. The Balaban J connectivity index is 1.80. The first-order valence-corrected chi connectivity index (χ1v) is 8.22. The molecule has 1 aliphatic heterocycles. The highest BCUT2D eigenvalue weighted by atomic mass is 35.5. The molecule has 132 valence electrons. The van der Waals surface area contributed by atoms with E-state index in [1.54, 1.807) is 35.4 Å². The minimum atomic E-state index is -2.56. The summed E-state index contributed by atoms with van der Waals surface area (Å²) < 4.78 is 29.5. The highest BCUT2D eigenvalue weighted by Gasteiger charge is 2.32. The number of pyridine rings is 1. The highest BCUT2D eigenvalue weighted by Crippen LogP contribution is 2.35. The molecule has 0 saturated carbocycles. The molecule has 0 fully saturated rings. The van der Waals surface area contributed by atoms with Crippen LogP contribution >= 0.6 is 11.6 Å². The molecule has 1 amide bonds. The average Bonchev–Trinajstić information content (AvgIpc) is 2.91. The average molecular weight is 367 g/mol. The SMILES string of the molecule is Cc1nccc2c1CN(C(C)c1ccc(OCC(F)F)c(Cl)c1)C2=O. The number of hydrogen-bond acceptors (Lipinski definition) is 3. The van der Waals surface area contributed by atoms with Crippen LogP contribution in [0.5, 0.6) is 5.75 Å². The number of aromatic nitrogens is 1. The summed E-state index contributed by atoms with van der Waals surface area (Å²) in [4.78, 5) is 18.6. The molecule has 1 aliphatic rings. The van der Waals surface area contributed by atoms with Crippen LogP contribution in [0.25, 0.3) is 0 Å². The van der Waals surface area contributed by atoms with Crippen molar-refractivity contribution in [2.24, 2.45) is 0 Å². The van der Waals surface area contributed by atoms with Crippen LogP contribution in [0.3, 0.4) is 0 Å². The van der Waals surface area contributed by atoms with E-state index in [0.29, 0.717) is 12.1 Å². The molecule has 4 nitrogen and oxygen atoms in total. The summed E-state index contributed by atoms with van der Waals surface area (Å²) in [5.41, 5.74) is 3.25. The smallest absolute Gasteiger partial charge is 0.272 e. The maximum Gasteiger partial charge on any atom is 0.272 e. The van der Waals surface area contributed by atoms with Crippen LogP contribution in [0.1, 0.15) is 40.1 Å². The van der Waals surface area contributed by atoms with Crippen molar-refractivity contribution >= 4 is 17.5 Å². The number of carbonyl (C=O) groups is 1. The first-order chi connectivity index (χ1) is 11.9. The van der Waals surface area contributed by atoms with E-state index in [2.05, 4.69) is 4.98 Å². The van der Waals surface area contributed by atoms with Gasteiger partial charge in [-0.15, -0.1) is 0 Å². The first kappa shape index (κ1) is 17.6. The summed E-state index contributed by atoms with van der Waals surface area (Å²) >= 11 is 6.13. The Morgan fingerprint density at radius 1 is 1.36 bits per heavy atom. The van der Waals surface area contributed by atoms with E-state index < -0.39 is 13.0 Å². The van der Waals surface area contributed by atoms with Crippen molar-refractivity contribution in [3.8, 4) is 5.75 Å². The van der Waals surface area contributed by atoms with Gasteiger partial charge >= 0.3 is 0 Å². The van der Waals surface area contributed by atoms with E-state index in [0.717, 1.165) is 16.8 Å². The van der Waals surface area contributed by atoms with Crippen molar-refractivity contribution in [3.63, 3.8) is 0 Å². The Morgan fingerprint density at radius 2 is 2.12 bits per heavy atom. The molecule has 7 heteroatoms. The molecule has 3 rings (SSSR count). The zero-order chi connectivity index (χ0) is 18.1. The Kier molecular flexibility index (Phi) is 4.90. The molecule has 0 bridgehead atoms. The Bertz CT molecular complexity index is 814. The minimum absolute atomic E-state index is 0.0536. The van der Waals surface area contributed by atoms with Gasteiger partial charge in [0.1, 0.15) is 12.4 Å². The number of alkyl halides is 2. The van der Waals surface area contributed by atoms with Crippen LogP contribution in [-0.2, 0) is 6.54 Å². The van der Waals surface area contributed by atoms with Crippen LogP contribution in [0.15, 0.2) is 30.5 Å². The zero-order valence-electron chi connectivity index (χ0n) is 13.8. The molecular weight excluding hydrogens is 350 g/mol. The number of amides is 1. The highest BCUT2D eigenvalue weighted by molar-refractivity contribution is 6.32. The third kappa shape index (κ3) is 3.44. The quantitative estimate of drug-likeness (QED) is 0.787. The molecule has 0 N–H and O–H groups in total. The molecule has 0 spiro atoms. The van der Waals surface area contributed by atoms with Gasteiger partial charge in [-0.1, -0.05) is 17.7 Å². The van der Waals surface area contributed by atoms with Gasteiger partial charge in [0.2, 0.25) is 0 Å². The fourth-order valence-electron chi connectivity index (χ4n) is 2.93. The summed E-state index contributed by atoms with van der Waals surface area (Å²) in [7, 11) is 0. The predicted octanol–water partition coefficient (Wildman–Crippen LogP) is 4.40. The molecule has 0 saturated heterocycles. The maximum atomic E-state index is 12.7. The van der Waals surface area contributed by atoms with Crippen molar-refractivity contribution in [3.05, 3.63) is 57.9 Å². The standard InChI is InChI=1S/C18H17ClF2N2O2/c1-10-14-8-23(18(24)13(14)5-6-22-10)11(2)12-3-4-16(15(19)7-12)25-9-17(20)21/h3-7,11,17H,8-9H2,1-2H3. The Hall–Kier alpha value is -2.21. The molecule has 1 aromatic heterocycles. The lowest BCUT2D eigenvalue weighted by Crippen LogP contribution is -2.27. The van der Waals surface area contributed by atoms with Crippen LogP contribution in [0.2, 0.25) is 5.02 Å². The second kappa shape index (κ2) is 6.96. The third-order valence-corrected chi connectivity index (χ3v) is 4.66. The topological polar surface area (TPSA) is 42.4 Å². The largest absolute Gasteiger partial charge is 0.486 e. The van der Waals surface area contributed by atoms with Crippen molar-refractivity contribution in [1.82, 2.24) is 9.88 Å². The fourth-order valence-corrected chi connectivity index (χ4v) is 3.18. The molecule has 0 radical (unpaired) electrons. The Morgan fingerprint density at radius 3 is 2.76 bits per heavy atom. The molecule has 0 aliphatic carbocycles. The van der Waals surface area contributed by atoms with E-state index in [4.69, 9.17) is 16.3 Å². The van der Waals surface area contributed by atoms with Gasteiger partial charge < -0.3 is 9.64 Å². The molecule has 2 aromatic rings. The number of nitrogens with zero attached hydrogens (tertiary/aromatic N) is 2. The molecular formula is C18H17ClF2N2O2. The molecule has 2 heterocycles. The van der Waals surface area contributed by atoms with Gasteiger partial charge in [0, 0.05) is 29.6 Å². The monoisotopic (exact) mass is 366 g/mol. The van der Waals surface area contributed by atoms with E-state index in [-0.39, 0.29) is 22.7 Å². The van der Waals surface area contributed by atoms with Crippen LogP contribution in [0, 0.1) is 6.92 Å². The summed E-state index contributed by atoms with van der Waals surface area (Å²) in [6, 6.07) is 6.44. The lowest BCUT2D eigenvalue weighted by molar-refractivity contribution is 0.0715. The number of benzene rings is 1. The van der Waals surface area contributed by atoms with Gasteiger partial charge in [0.15, 0.2) is 0 Å². The molecule has 1 unspecified atom stereocenters. The number of aryl methyl sites for hydroxylation is 1. The number of fused-ring (bicyclic) bond motifs is 1. The van der Waals surface area contributed by atoms with Crippen molar-refractivity contribution < 1.29 is 18.3 Å². The van der Waals surface area contributed by atoms with E-state index >= 15 is 0 Å². The van der Waals surface area contributed by atoms with Gasteiger partial charge in [0.25, 0.3) is 12.3 Å². The van der Waals surface area contributed by atoms with Crippen molar-refractivity contribution in [2.75, 3.05) is 6.61 Å². The lowest BCUT2D eigenvalue weighted by atomic mass is 10.1. The van der Waals surface area contributed by atoms with Crippen molar-refractivity contribution in [2.45, 2.75) is 32.9 Å². The summed E-state index contributed by atoms with van der Waals surface area (Å²) in [5, 5.41) is 0.243. The van der Waals surface area contributed by atoms with Crippen LogP contribution < -0.4 is 4.74 Å². The number of carbonyl (C=O) groups excluding carboxylic acids is 1. The molecule has 1 aromatic carbocycles. The Labute approximate surface area is 149 Å². The van der Waals surface area contributed by atoms with Gasteiger partial charge in [-0.25, -0.2) is 8.78 Å². The van der Waals surface area contributed by atoms with E-state index in [1.165, 1.54) is 0 Å². The van der Waals surface area contributed by atoms with Crippen LogP contribution in [0.4, 0.5) is 8.78 Å². The summed E-state index contributed by atoms with van der Waals surface area (Å²) in [6.07, 6.45) is -0.932. The second-order valence-electron chi connectivity index (χ2n) is 5.92. The second-order valence-corrected chi connectivity index (χ2v) is 6.33.